The third kappa shape index (κ3) is 3.16. The van der Waals surface area contributed by atoms with Gasteiger partial charge in [-0.15, -0.1) is 5.10 Å². The summed E-state index contributed by atoms with van der Waals surface area (Å²) in [6, 6.07) is 5.24. The zero-order chi connectivity index (χ0) is 15.4. The second-order valence-electron chi connectivity index (χ2n) is 4.11. The van der Waals surface area contributed by atoms with Gasteiger partial charge in [-0.3, -0.25) is 0 Å². The van der Waals surface area contributed by atoms with Crippen LogP contribution in [0.4, 0.5) is 5.69 Å². The van der Waals surface area contributed by atoms with Crippen LogP contribution < -0.4 is 5.32 Å². The molecule has 0 unspecified atom stereocenters. The lowest BCUT2D eigenvalue weighted by Crippen LogP contribution is -2.15. The van der Waals surface area contributed by atoms with Gasteiger partial charge in [0.15, 0.2) is 0 Å². The Hall–Kier alpha value is -2.90. The number of anilines is 1. The van der Waals surface area contributed by atoms with Gasteiger partial charge in [0, 0.05) is 12.7 Å². The minimum Gasteiger partial charge on any atom is -0.466 e. The summed E-state index contributed by atoms with van der Waals surface area (Å²) < 4.78 is 10.7. The van der Waals surface area contributed by atoms with E-state index in [-0.39, 0.29) is 5.70 Å². The van der Waals surface area contributed by atoms with Crippen molar-refractivity contribution < 1.29 is 19.1 Å². The zero-order valence-corrected chi connectivity index (χ0v) is 11.8. The van der Waals surface area contributed by atoms with E-state index >= 15 is 0 Å². The number of carbonyl (C=O) groups is 2. The number of hydrogen-bond acceptors (Lipinski definition) is 7. The van der Waals surface area contributed by atoms with Gasteiger partial charge in [0.1, 0.15) is 11.2 Å². The maximum atomic E-state index is 11.6. The number of nitrogens with zero attached hydrogens (tertiary/aromatic N) is 3. The summed E-state index contributed by atoms with van der Waals surface area (Å²) in [5.41, 5.74) is 2.04. The standard InChI is InChI=1S/C13H14N4O4/c1-17-11-5-4-8(6-9(11)15-16-17)14-10(13(19)21-3)7-12(18)20-2/h4-7,14H,1-3H3/b10-7+. The van der Waals surface area contributed by atoms with E-state index < -0.39 is 11.9 Å². The number of aryl methyl sites for hydroxylation is 1. The van der Waals surface area contributed by atoms with Crippen molar-refractivity contribution in [2.24, 2.45) is 7.05 Å². The Balaban J connectivity index is 2.31. The first-order valence-corrected chi connectivity index (χ1v) is 5.99. The van der Waals surface area contributed by atoms with Gasteiger partial charge in [-0.1, -0.05) is 5.21 Å². The Labute approximate surface area is 120 Å². The number of hydrogen-bond donors (Lipinski definition) is 1. The molecule has 1 aromatic carbocycles. The molecule has 0 bridgehead atoms. The molecule has 0 saturated heterocycles. The van der Waals surface area contributed by atoms with E-state index in [1.54, 1.807) is 29.9 Å². The van der Waals surface area contributed by atoms with Gasteiger partial charge in [-0.05, 0) is 18.2 Å². The number of aromatic nitrogens is 3. The number of methoxy groups -OCH3 is 2. The van der Waals surface area contributed by atoms with Crippen LogP contribution in [-0.2, 0) is 26.1 Å². The Morgan fingerprint density at radius 2 is 2.05 bits per heavy atom. The fourth-order valence-electron chi connectivity index (χ4n) is 1.71. The van der Waals surface area contributed by atoms with Crippen LogP contribution >= 0.6 is 0 Å². The van der Waals surface area contributed by atoms with Crippen LogP contribution in [0, 0.1) is 0 Å². The largest absolute Gasteiger partial charge is 0.466 e. The number of fused-ring (bicyclic) bond motifs is 1. The number of esters is 2. The van der Waals surface area contributed by atoms with E-state index in [4.69, 9.17) is 0 Å². The number of benzene rings is 1. The Kier molecular flexibility index (Phi) is 4.17. The minimum absolute atomic E-state index is 0.0346. The summed E-state index contributed by atoms with van der Waals surface area (Å²) in [5.74, 6) is -1.34. The molecule has 2 rings (SSSR count). The average Bonchev–Trinajstić information content (AvgIpc) is 2.86. The van der Waals surface area contributed by atoms with Crippen LogP contribution in [0.3, 0.4) is 0 Å². The molecule has 0 amide bonds. The normalized spacial score (nSPS) is 11.3. The molecule has 1 N–H and O–H groups in total. The van der Waals surface area contributed by atoms with Crippen LogP contribution in [0.2, 0.25) is 0 Å². The molecule has 0 fully saturated rings. The van der Waals surface area contributed by atoms with E-state index in [2.05, 4.69) is 25.1 Å². The molecule has 0 aliphatic carbocycles. The van der Waals surface area contributed by atoms with Crippen molar-refractivity contribution in [2.45, 2.75) is 0 Å². The van der Waals surface area contributed by atoms with Gasteiger partial charge < -0.3 is 14.8 Å². The van der Waals surface area contributed by atoms with Crippen molar-refractivity contribution in [3.63, 3.8) is 0 Å². The maximum absolute atomic E-state index is 11.6. The molecule has 8 nitrogen and oxygen atoms in total. The van der Waals surface area contributed by atoms with Gasteiger partial charge in [-0.2, -0.15) is 0 Å². The zero-order valence-electron chi connectivity index (χ0n) is 11.8. The molecule has 1 heterocycles. The lowest BCUT2D eigenvalue weighted by atomic mass is 10.2. The number of rotatable bonds is 4. The van der Waals surface area contributed by atoms with Crippen LogP contribution in [0.25, 0.3) is 11.0 Å². The lowest BCUT2D eigenvalue weighted by Gasteiger charge is -2.08. The fraction of sp³-hybridized carbons (Fsp3) is 0.231. The van der Waals surface area contributed by atoms with E-state index in [1.165, 1.54) is 14.2 Å². The average molecular weight is 290 g/mol. The first-order chi connectivity index (χ1) is 10.0. The van der Waals surface area contributed by atoms with Crippen LogP contribution in [0.1, 0.15) is 0 Å². The first kappa shape index (κ1) is 14.5. The topological polar surface area (TPSA) is 95.3 Å². The van der Waals surface area contributed by atoms with E-state index in [0.717, 1.165) is 11.6 Å². The smallest absolute Gasteiger partial charge is 0.354 e. The highest BCUT2D eigenvalue weighted by atomic mass is 16.5. The van der Waals surface area contributed by atoms with Crippen molar-refractivity contribution in [2.75, 3.05) is 19.5 Å². The molecule has 0 atom stereocenters. The molecule has 21 heavy (non-hydrogen) atoms. The van der Waals surface area contributed by atoms with Crippen LogP contribution in [0.5, 0.6) is 0 Å². The summed E-state index contributed by atoms with van der Waals surface area (Å²) >= 11 is 0. The second-order valence-corrected chi connectivity index (χ2v) is 4.11. The second kappa shape index (κ2) is 6.04. The number of nitrogens with one attached hydrogen (secondary N) is 1. The molecule has 0 aliphatic heterocycles. The fourth-order valence-corrected chi connectivity index (χ4v) is 1.71. The van der Waals surface area contributed by atoms with Gasteiger partial charge in [0.2, 0.25) is 0 Å². The maximum Gasteiger partial charge on any atom is 0.354 e. The summed E-state index contributed by atoms with van der Waals surface area (Å²) in [7, 11) is 4.22. The molecule has 2 aromatic rings. The SMILES string of the molecule is COC(=O)/C=C(/Nc1ccc2c(c1)nnn2C)C(=O)OC. The van der Waals surface area contributed by atoms with Gasteiger partial charge in [0.05, 0.1) is 25.8 Å². The highest BCUT2D eigenvalue weighted by Gasteiger charge is 2.13. The van der Waals surface area contributed by atoms with Crippen molar-refractivity contribution in [3.05, 3.63) is 30.0 Å². The Bertz CT molecular complexity index is 720. The summed E-state index contributed by atoms with van der Waals surface area (Å²) in [6.45, 7) is 0. The molecule has 8 heteroatoms. The van der Waals surface area contributed by atoms with Gasteiger partial charge in [0.25, 0.3) is 0 Å². The highest BCUT2D eigenvalue weighted by Crippen LogP contribution is 2.18. The van der Waals surface area contributed by atoms with E-state index in [9.17, 15) is 9.59 Å². The highest BCUT2D eigenvalue weighted by molar-refractivity contribution is 5.99. The van der Waals surface area contributed by atoms with Gasteiger partial charge >= 0.3 is 11.9 Å². The van der Waals surface area contributed by atoms with Crippen molar-refractivity contribution in [1.29, 1.82) is 0 Å². The molecule has 110 valence electrons. The predicted octanol–water partition coefficient (Wildman–Crippen LogP) is 0.610. The summed E-state index contributed by atoms with van der Waals surface area (Å²) in [4.78, 5) is 22.9. The van der Waals surface area contributed by atoms with Crippen molar-refractivity contribution in [1.82, 2.24) is 15.0 Å². The lowest BCUT2D eigenvalue weighted by molar-refractivity contribution is -0.138. The van der Waals surface area contributed by atoms with E-state index in [0.29, 0.717) is 11.2 Å². The van der Waals surface area contributed by atoms with Crippen LogP contribution in [0.15, 0.2) is 30.0 Å². The monoisotopic (exact) mass is 290 g/mol. The molecule has 1 aromatic heterocycles. The molecule has 0 radical (unpaired) electrons. The van der Waals surface area contributed by atoms with Crippen molar-refractivity contribution >= 4 is 28.7 Å². The number of carbonyl (C=O) groups excluding carboxylic acids is 2. The van der Waals surface area contributed by atoms with Crippen LogP contribution in [-0.4, -0.2) is 41.2 Å². The summed E-state index contributed by atoms with van der Waals surface area (Å²) in [5, 5.41) is 10.7. The Morgan fingerprint density at radius 1 is 1.29 bits per heavy atom. The minimum atomic E-state index is -0.681. The quantitative estimate of drug-likeness (QED) is 0.651. The van der Waals surface area contributed by atoms with Gasteiger partial charge in [-0.25, -0.2) is 14.3 Å². The molecule has 0 saturated carbocycles. The van der Waals surface area contributed by atoms with Crippen molar-refractivity contribution in [3.8, 4) is 0 Å². The number of ether oxygens (including phenoxy) is 2. The molecular weight excluding hydrogens is 276 g/mol. The van der Waals surface area contributed by atoms with E-state index in [1.807, 2.05) is 0 Å². The molecule has 0 spiro atoms. The molecule has 0 aliphatic rings. The first-order valence-electron chi connectivity index (χ1n) is 5.99. The third-order valence-corrected chi connectivity index (χ3v) is 2.76. The molecular formula is C13H14N4O4. The Morgan fingerprint density at radius 3 is 2.71 bits per heavy atom. The predicted molar refractivity (Wildman–Crippen MR) is 74.2 cm³/mol. The third-order valence-electron chi connectivity index (χ3n) is 2.76. The summed E-state index contributed by atoms with van der Waals surface area (Å²) in [6.07, 6.45) is 1.02.